The Morgan fingerprint density at radius 2 is 1.64 bits per heavy atom. The fourth-order valence-electron chi connectivity index (χ4n) is 2.12. The van der Waals surface area contributed by atoms with E-state index in [-0.39, 0.29) is 10.3 Å². The number of carbonyl (C=O) groups excluding carboxylic acids is 1. The molecule has 0 radical (unpaired) electrons. The molecule has 150 valence electrons. The highest BCUT2D eigenvalue weighted by Crippen LogP contribution is 2.25. The van der Waals surface area contributed by atoms with Crippen molar-refractivity contribution in [3.05, 3.63) is 59.6 Å². The largest absolute Gasteiger partial charge is 0.271 e. The summed E-state index contributed by atoms with van der Waals surface area (Å²) in [5, 5.41) is 4.55. The standard InChI is InChI=1S/C20H24ClN3O3S/c1-15(20(2,3)4)22-23-19(25)14-24(17-12-10-16(21)11-13-17)28(26,27)18-8-6-5-7-9-18/h5-13H,14H2,1-4H3,(H,23,25)/b22-15-. The minimum Gasteiger partial charge on any atom is -0.271 e. The molecule has 2 aromatic rings. The molecular weight excluding hydrogens is 398 g/mol. The first-order chi connectivity index (χ1) is 13.0. The van der Waals surface area contributed by atoms with Crippen LogP contribution in [0.1, 0.15) is 27.7 Å². The summed E-state index contributed by atoms with van der Waals surface area (Å²) in [5.74, 6) is -0.543. The lowest BCUT2D eigenvalue weighted by atomic mass is 9.91. The number of benzene rings is 2. The lowest BCUT2D eigenvalue weighted by Crippen LogP contribution is -2.40. The molecule has 2 rings (SSSR count). The SMILES string of the molecule is C/C(=N/NC(=O)CN(c1ccc(Cl)cc1)S(=O)(=O)c1ccccc1)C(C)(C)C. The van der Waals surface area contributed by atoms with Crippen molar-refractivity contribution in [3.8, 4) is 0 Å². The van der Waals surface area contributed by atoms with E-state index in [4.69, 9.17) is 11.6 Å². The van der Waals surface area contributed by atoms with Crippen LogP contribution in [0.15, 0.2) is 64.6 Å². The molecule has 0 saturated carbocycles. The highest BCUT2D eigenvalue weighted by molar-refractivity contribution is 7.92. The van der Waals surface area contributed by atoms with E-state index < -0.39 is 22.5 Å². The Morgan fingerprint density at radius 1 is 1.07 bits per heavy atom. The molecule has 1 N–H and O–H groups in total. The van der Waals surface area contributed by atoms with Crippen LogP contribution in [0, 0.1) is 5.41 Å². The minimum atomic E-state index is -3.95. The first-order valence-electron chi connectivity index (χ1n) is 8.69. The number of hydrazone groups is 1. The molecule has 8 heteroatoms. The molecule has 6 nitrogen and oxygen atoms in total. The van der Waals surface area contributed by atoms with Crippen LogP contribution >= 0.6 is 11.6 Å². The summed E-state index contributed by atoms with van der Waals surface area (Å²) in [7, 11) is -3.95. The number of nitrogens with one attached hydrogen (secondary N) is 1. The summed E-state index contributed by atoms with van der Waals surface area (Å²) in [6.07, 6.45) is 0. The number of hydrogen-bond donors (Lipinski definition) is 1. The van der Waals surface area contributed by atoms with Gasteiger partial charge in [0.25, 0.3) is 15.9 Å². The maximum Gasteiger partial charge on any atom is 0.264 e. The number of sulfonamides is 1. The van der Waals surface area contributed by atoms with Crippen LogP contribution in [-0.2, 0) is 14.8 Å². The van der Waals surface area contributed by atoms with Gasteiger partial charge in [0.05, 0.1) is 10.6 Å². The molecule has 0 atom stereocenters. The Balaban J connectivity index is 2.35. The quantitative estimate of drug-likeness (QED) is 0.564. The molecule has 0 bridgehead atoms. The first-order valence-corrected chi connectivity index (χ1v) is 10.5. The maximum absolute atomic E-state index is 13.1. The van der Waals surface area contributed by atoms with Crippen LogP contribution in [0.3, 0.4) is 0 Å². The van der Waals surface area contributed by atoms with Gasteiger partial charge in [-0.25, -0.2) is 13.8 Å². The van der Waals surface area contributed by atoms with E-state index in [0.29, 0.717) is 10.7 Å². The first kappa shape index (κ1) is 21.9. The Morgan fingerprint density at radius 3 is 2.18 bits per heavy atom. The average molecular weight is 422 g/mol. The third-order valence-corrected chi connectivity index (χ3v) is 6.21. The number of rotatable bonds is 6. The number of nitrogens with zero attached hydrogens (tertiary/aromatic N) is 2. The van der Waals surface area contributed by atoms with Crippen molar-refractivity contribution in [1.82, 2.24) is 5.43 Å². The van der Waals surface area contributed by atoms with Crippen LogP contribution < -0.4 is 9.73 Å². The normalized spacial score (nSPS) is 12.5. The van der Waals surface area contributed by atoms with Gasteiger partial charge >= 0.3 is 0 Å². The second-order valence-electron chi connectivity index (χ2n) is 7.28. The maximum atomic E-state index is 13.1. The lowest BCUT2D eigenvalue weighted by molar-refractivity contribution is -0.119. The fraction of sp³-hybridized carbons (Fsp3) is 0.300. The van der Waals surface area contributed by atoms with Crippen molar-refractivity contribution in [2.75, 3.05) is 10.8 Å². The number of amides is 1. The summed E-state index contributed by atoms with van der Waals surface area (Å²) >= 11 is 5.92. The summed E-state index contributed by atoms with van der Waals surface area (Å²) in [6, 6.07) is 14.2. The average Bonchev–Trinajstić information content (AvgIpc) is 2.65. The predicted molar refractivity (Wildman–Crippen MR) is 113 cm³/mol. The van der Waals surface area contributed by atoms with Crippen LogP contribution in [0.25, 0.3) is 0 Å². The third-order valence-electron chi connectivity index (χ3n) is 4.17. The van der Waals surface area contributed by atoms with E-state index in [1.54, 1.807) is 49.4 Å². The Bertz CT molecular complexity index is 950. The summed E-state index contributed by atoms with van der Waals surface area (Å²) in [5.41, 5.74) is 3.29. The van der Waals surface area contributed by atoms with Gasteiger partial charge in [-0.2, -0.15) is 5.10 Å². The van der Waals surface area contributed by atoms with Gasteiger partial charge in [-0.15, -0.1) is 0 Å². The Labute approximate surface area is 171 Å². The van der Waals surface area contributed by atoms with E-state index in [2.05, 4.69) is 10.5 Å². The second kappa shape index (κ2) is 8.75. The number of halogens is 1. The van der Waals surface area contributed by atoms with Gasteiger partial charge in [-0.1, -0.05) is 50.6 Å². The minimum absolute atomic E-state index is 0.0899. The van der Waals surface area contributed by atoms with Gasteiger partial charge < -0.3 is 0 Å². The van der Waals surface area contributed by atoms with E-state index in [1.165, 1.54) is 12.1 Å². The Hall–Kier alpha value is -2.38. The highest BCUT2D eigenvalue weighted by Gasteiger charge is 2.27. The third kappa shape index (κ3) is 5.56. The van der Waals surface area contributed by atoms with E-state index in [9.17, 15) is 13.2 Å². The van der Waals surface area contributed by atoms with E-state index >= 15 is 0 Å². The van der Waals surface area contributed by atoms with Gasteiger partial charge in [0.15, 0.2) is 0 Å². The van der Waals surface area contributed by atoms with Crippen LogP contribution in [0.4, 0.5) is 5.69 Å². The van der Waals surface area contributed by atoms with Crippen molar-refractivity contribution < 1.29 is 13.2 Å². The fourth-order valence-corrected chi connectivity index (χ4v) is 3.69. The van der Waals surface area contributed by atoms with Crippen molar-refractivity contribution in [2.45, 2.75) is 32.6 Å². The Kier molecular flexibility index (Phi) is 6.85. The monoisotopic (exact) mass is 421 g/mol. The van der Waals surface area contributed by atoms with Crippen molar-refractivity contribution in [1.29, 1.82) is 0 Å². The molecule has 0 heterocycles. The van der Waals surface area contributed by atoms with Gasteiger partial charge in [0, 0.05) is 16.1 Å². The van der Waals surface area contributed by atoms with Crippen molar-refractivity contribution in [2.24, 2.45) is 10.5 Å². The number of carbonyl (C=O) groups is 1. The lowest BCUT2D eigenvalue weighted by Gasteiger charge is -2.24. The molecule has 0 unspecified atom stereocenters. The molecule has 0 aliphatic rings. The zero-order chi connectivity index (χ0) is 20.9. The van der Waals surface area contributed by atoms with Gasteiger partial charge in [0.1, 0.15) is 6.54 Å². The molecule has 28 heavy (non-hydrogen) atoms. The second-order valence-corrected chi connectivity index (χ2v) is 9.58. The van der Waals surface area contributed by atoms with Crippen LogP contribution in [0.5, 0.6) is 0 Å². The van der Waals surface area contributed by atoms with Crippen LogP contribution in [-0.4, -0.2) is 26.6 Å². The molecule has 0 aliphatic carbocycles. The predicted octanol–water partition coefficient (Wildman–Crippen LogP) is 4.07. The smallest absolute Gasteiger partial charge is 0.264 e. The molecule has 2 aromatic carbocycles. The molecule has 0 spiro atoms. The van der Waals surface area contributed by atoms with Gasteiger partial charge in [0.2, 0.25) is 0 Å². The topological polar surface area (TPSA) is 78.8 Å². The summed E-state index contributed by atoms with van der Waals surface area (Å²) in [4.78, 5) is 12.5. The van der Waals surface area contributed by atoms with E-state index in [0.717, 1.165) is 10.0 Å². The molecular formula is C20H24ClN3O3S. The van der Waals surface area contributed by atoms with Crippen LogP contribution in [0.2, 0.25) is 5.02 Å². The number of anilines is 1. The zero-order valence-electron chi connectivity index (χ0n) is 16.3. The van der Waals surface area contributed by atoms with Gasteiger partial charge in [-0.05, 0) is 43.3 Å². The molecule has 0 saturated heterocycles. The molecule has 0 aliphatic heterocycles. The molecule has 0 aromatic heterocycles. The highest BCUT2D eigenvalue weighted by atomic mass is 35.5. The van der Waals surface area contributed by atoms with E-state index in [1.807, 2.05) is 20.8 Å². The summed E-state index contributed by atoms with van der Waals surface area (Å²) in [6.45, 7) is 7.30. The molecule has 0 fully saturated rings. The molecule has 1 amide bonds. The zero-order valence-corrected chi connectivity index (χ0v) is 17.9. The summed E-state index contributed by atoms with van der Waals surface area (Å²) < 4.78 is 27.3. The van der Waals surface area contributed by atoms with Crippen molar-refractivity contribution >= 4 is 38.9 Å². The number of hydrogen-bond acceptors (Lipinski definition) is 4. The van der Waals surface area contributed by atoms with Gasteiger partial charge in [-0.3, -0.25) is 9.10 Å². The van der Waals surface area contributed by atoms with Crippen molar-refractivity contribution in [3.63, 3.8) is 0 Å².